The molecule has 3 heteroatoms. The Bertz CT molecular complexity index is 425. The predicted octanol–water partition coefficient (Wildman–Crippen LogP) is 2.00. The van der Waals surface area contributed by atoms with Gasteiger partial charge < -0.3 is 0 Å². The van der Waals surface area contributed by atoms with Gasteiger partial charge in [0.05, 0.1) is 0 Å². The van der Waals surface area contributed by atoms with Gasteiger partial charge >= 0.3 is 99.7 Å². The zero-order valence-electron chi connectivity index (χ0n) is 8.08. The van der Waals surface area contributed by atoms with Crippen molar-refractivity contribution >= 4 is 6.14 Å². The van der Waals surface area contributed by atoms with E-state index in [9.17, 15) is 8.78 Å². The molecule has 0 saturated heterocycles. The average molecular weight is 391 g/mol. The molecule has 0 saturated carbocycles. The van der Waals surface area contributed by atoms with Gasteiger partial charge in [-0.25, -0.2) is 0 Å². The Morgan fingerprint density at radius 1 is 0.733 bits per heavy atom. The minimum atomic E-state index is -1.54. The first kappa shape index (κ1) is 10.7. The maximum atomic E-state index is 12.9. The molecule has 0 spiro atoms. The second-order valence-corrected chi connectivity index (χ2v) is 11.2. The molecule has 0 aromatic heterocycles. The van der Waals surface area contributed by atoms with E-state index < -0.39 is 24.6 Å². The van der Waals surface area contributed by atoms with Gasteiger partial charge in [-0.3, -0.25) is 0 Å². The van der Waals surface area contributed by atoms with Gasteiger partial charge in [-0.2, -0.15) is 0 Å². The van der Waals surface area contributed by atoms with Gasteiger partial charge in [0, 0.05) is 0 Å². The fourth-order valence-corrected chi connectivity index (χ4v) is 7.65. The van der Waals surface area contributed by atoms with Gasteiger partial charge in [0.1, 0.15) is 0 Å². The first-order chi connectivity index (χ1) is 7.24. The van der Waals surface area contributed by atoms with Gasteiger partial charge in [-0.15, -0.1) is 0 Å². The van der Waals surface area contributed by atoms with Crippen molar-refractivity contribution in [3.63, 3.8) is 0 Å². The summed E-state index contributed by atoms with van der Waals surface area (Å²) in [5, 5.41) is 0. The summed E-state index contributed by atoms with van der Waals surface area (Å²) < 4.78 is 28.0. The zero-order chi connectivity index (χ0) is 10.7. The predicted molar refractivity (Wildman–Crippen MR) is 52.1 cm³/mol. The summed E-state index contributed by atoms with van der Waals surface area (Å²) in [7, 11) is 0. The van der Waals surface area contributed by atoms with Crippen molar-refractivity contribution in [2.45, 2.75) is 0 Å². The van der Waals surface area contributed by atoms with Crippen molar-refractivity contribution in [1.82, 2.24) is 0 Å². The molecule has 15 heavy (non-hydrogen) atoms. The Labute approximate surface area is 99.4 Å². The molecule has 0 radical (unpaired) electrons. The SMILES string of the molecule is Fc1ccc[c]([Hg][c]2cccc(F)c2)c1. The Morgan fingerprint density at radius 2 is 1.20 bits per heavy atom. The van der Waals surface area contributed by atoms with Crippen molar-refractivity contribution in [3.05, 3.63) is 60.2 Å². The van der Waals surface area contributed by atoms with Gasteiger partial charge in [-0.05, 0) is 0 Å². The minimum absolute atomic E-state index is 0.205. The van der Waals surface area contributed by atoms with E-state index in [1.165, 1.54) is 12.1 Å². The summed E-state index contributed by atoms with van der Waals surface area (Å²) in [6.45, 7) is 0. The number of halogens is 2. The molecule has 0 fully saturated rings. The van der Waals surface area contributed by atoms with Crippen LogP contribution in [0.5, 0.6) is 0 Å². The molecule has 0 aliphatic heterocycles. The van der Waals surface area contributed by atoms with E-state index in [-0.39, 0.29) is 11.6 Å². The Balaban J connectivity index is 2.22. The molecular formula is C12H8F2Hg. The van der Waals surface area contributed by atoms with E-state index in [0.717, 1.165) is 6.14 Å². The Hall–Kier alpha value is -0.765. The molecule has 2 aromatic carbocycles. The van der Waals surface area contributed by atoms with Crippen LogP contribution < -0.4 is 6.14 Å². The van der Waals surface area contributed by atoms with Crippen LogP contribution in [0.3, 0.4) is 0 Å². The summed E-state index contributed by atoms with van der Waals surface area (Å²) >= 11 is -1.54. The Morgan fingerprint density at radius 3 is 1.60 bits per heavy atom. The van der Waals surface area contributed by atoms with E-state index in [1.54, 1.807) is 24.3 Å². The molecule has 0 N–H and O–H groups in total. The molecule has 0 heterocycles. The fourth-order valence-electron chi connectivity index (χ4n) is 1.53. The van der Waals surface area contributed by atoms with Crippen LogP contribution in [0.2, 0.25) is 0 Å². The van der Waals surface area contributed by atoms with Gasteiger partial charge in [0.25, 0.3) is 0 Å². The van der Waals surface area contributed by atoms with E-state index >= 15 is 0 Å². The molecule has 2 aromatic rings. The van der Waals surface area contributed by atoms with Crippen molar-refractivity contribution in [2.24, 2.45) is 0 Å². The molecule has 2 rings (SSSR count). The van der Waals surface area contributed by atoms with Crippen molar-refractivity contribution < 1.29 is 33.4 Å². The number of rotatable bonds is 2. The molecular weight excluding hydrogens is 383 g/mol. The standard InChI is InChI=1S/2C6H4F.Hg/c2*7-6-4-2-1-3-5-6;/h2*1-2,4-5H;. The van der Waals surface area contributed by atoms with Crippen LogP contribution in [0.4, 0.5) is 8.78 Å². The third-order valence-corrected chi connectivity index (χ3v) is 8.78. The van der Waals surface area contributed by atoms with Gasteiger partial charge in [0.2, 0.25) is 0 Å². The second kappa shape index (κ2) is 4.84. The molecule has 72 valence electrons. The summed E-state index contributed by atoms with van der Waals surface area (Å²) in [5.74, 6) is -0.409. The normalized spacial score (nSPS) is 9.73. The third-order valence-electron chi connectivity index (χ3n) is 2.19. The van der Waals surface area contributed by atoms with E-state index in [4.69, 9.17) is 0 Å². The number of hydrogen-bond donors (Lipinski definition) is 0. The average Bonchev–Trinajstić information content (AvgIpc) is 2.17. The van der Waals surface area contributed by atoms with Crippen LogP contribution in [-0.2, 0) is 24.6 Å². The summed E-state index contributed by atoms with van der Waals surface area (Å²) in [6, 6.07) is 13.3. The van der Waals surface area contributed by atoms with Gasteiger partial charge in [0.15, 0.2) is 0 Å². The summed E-state index contributed by atoms with van der Waals surface area (Å²) in [4.78, 5) is 0. The maximum absolute atomic E-state index is 12.9. The van der Waals surface area contributed by atoms with Crippen molar-refractivity contribution in [1.29, 1.82) is 0 Å². The van der Waals surface area contributed by atoms with Crippen LogP contribution in [0.15, 0.2) is 48.5 Å². The zero-order valence-corrected chi connectivity index (χ0v) is 13.6. The van der Waals surface area contributed by atoms with Crippen LogP contribution in [0.1, 0.15) is 0 Å². The number of benzene rings is 2. The van der Waals surface area contributed by atoms with Crippen molar-refractivity contribution in [2.75, 3.05) is 0 Å². The molecule has 0 atom stereocenters. The molecule has 0 unspecified atom stereocenters. The van der Waals surface area contributed by atoms with E-state index in [1.807, 2.05) is 12.1 Å². The first-order valence-electron chi connectivity index (χ1n) is 4.73. The monoisotopic (exact) mass is 392 g/mol. The molecule has 0 aliphatic carbocycles. The van der Waals surface area contributed by atoms with E-state index in [2.05, 4.69) is 0 Å². The second-order valence-electron chi connectivity index (χ2n) is 3.44. The molecule has 0 amide bonds. The van der Waals surface area contributed by atoms with Crippen LogP contribution in [0.25, 0.3) is 0 Å². The molecule has 0 aliphatic rings. The summed E-state index contributed by atoms with van der Waals surface area (Å²) in [6.07, 6.45) is 0. The topological polar surface area (TPSA) is 0 Å². The first-order valence-corrected chi connectivity index (χ1v) is 10.2. The third kappa shape index (κ3) is 3.09. The van der Waals surface area contributed by atoms with Crippen LogP contribution >= 0.6 is 0 Å². The fraction of sp³-hybridized carbons (Fsp3) is 0. The van der Waals surface area contributed by atoms with Crippen molar-refractivity contribution in [3.8, 4) is 0 Å². The quantitative estimate of drug-likeness (QED) is 0.688. The molecule has 0 nitrogen and oxygen atoms in total. The van der Waals surface area contributed by atoms with Crippen LogP contribution in [-0.4, -0.2) is 0 Å². The molecule has 0 bridgehead atoms. The van der Waals surface area contributed by atoms with Crippen LogP contribution in [0, 0.1) is 11.6 Å². The Kier molecular flexibility index (Phi) is 3.47. The van der Waals surface area contributed by atoms with Gasteiger partial charge in [-0.1, -0.05) is 0 Å². The number of hydrogen-bond acceptors (Lipinski definition) is 0. The summed E-state index contributed by atoms with van der Waals surface area (Å²) in [5.41, 5.74) is 0. The van der Waals surface area contributed by atoms with E-state index in [0.29, 0.717) is 0 Å².